The van der Waals surface area contributed by atoms with Gasteiger partial charge >= 0.3 is 5.97 Å². The number of carbonyl (C=O) groups is 3. The molecule has 0 unspecified atom stereocenters. The molecule has 0 saturated carbocycles. The molecule has 1 atom stereocenters. The summed E-state index contributed by atoms with van der Waals surface area (Å²) in [7, 11) is 0. The molecule has 3 rings (SSSR count). The molecular weight excluding hydrogens is 339 g/mol. The number of aliphatic carboxylic acids is 1. The number of carbonyl (C=O) groups excluding carboxylic acids is 2. The van der Waals surface area contributed by atoms with Gasteiger partial charge in [0.05, 0.1) is 18.0 Å². The van der Waals surface area contributed by atoms with Crippen LogP contribution >= 0.6 is 0 Å². The Morgan fingerprint density at radius 3 is 2.62 bits per heavy atom. The zero-order valence-electron chi connectivity index (χ0n) is 13.8. The molecule has 6 nitrogen and oxygen atoms in total. The van der Waals surface area contributed by atoms with E-state index in [9.17, 15) is 18.8 Å². The summed E-state index contributed by atoms with van der Waals surface area (Å²) in [5, 5.41) is 14.3. The van der Waals surface area contributed by atoms with Crippen molar-refractivity contribution >= 4 is 23.5 Å². The van der Waals surface area contributed by atoms with E-state index >= 15 is 0 Å². The topological polar surface area (TPSA) is 95.5 Å². The first-order chi connectivity index (χ1) is 12.4. The molecule has 1 aliphatic rings. The minimum absolute atomic E-state index is 0.175. The predicted octanol–water partition coefficient (Wildman–Crippen LogP) is 2.66. The molecule has 0 spiro atoms. The summed E-state index contributed by atoms with van der Waals surface area (Å²) in [6.45, 7) is 0. The molecule has 2 aromatic carbocycles. The van der Waals surface area contributed by atoms with Crippen LogP contribution in [0.1, 0.15) is 40.4 Å². The highest BCUT2D eigenvalue weighted by molar-refractivity contribution is 5.98. The van der Waals surface area contributed by atoms with Gasteiger partial charge in [-0.25, -0.2) is 4.39 Å². The van der Waals surface area contributed by atoms with Crippen molar-refractivity contribution in [1.82, 2.24) is 5.32 Å². The normalized spacial score (nSPS) is 14.1. The molecule has 134 valence electrons. The van der Waals surface area contributed by atoms with Gasteiger partial charge in [0.15, 0.2) is 0 Å². The third kappa shape index (κ3) is 3.88. The second-order valence-corrected chi connectivity index (χ2v) is 6.07. The van der Waals surface area contributed by atoms with Gasteiger partial charge in [0.1, 0.15) is 5.82 Å². The molecule has 0 bridgehead atoms. The highest BCUT2D eigenvalue weighted by Crippen LogP contribution is 2.26. The van der Waals surface area contributed by atoms with Crippen LogP contribution in [0.25, 0.3) is 0 Å². The number of rotatable bonds is 5. The molecule has 0 aliphatic carbocycles. The van der Waals surface area contributed by atoms with Crippen LogP contribution in [0.4, 0.5) is 10.1 Å². The highest BCUT2D eigenvalue weighted by atomic mass is 19.1. The quantitative estimate of drug-likeness (QED) is 0.767. The Labute approximate surface area is 149 Å². The van der Waals surface area contributed by atoms with Gasteiger partial charge in [0.2, 0.25) is 5.91 Å². The smallest absolute Gasteiger partial charge is 0.305 e. The van der Waals surface area contributed by atoms with Crippen LogP contribution in [-0.2, 0) is 16.0 Å². The molecule has 0 aromatic heterocycles. The average molecular weight is 356 g/mol. The summed E-state index contributed by atoms with van der Waals surface area (Å²) in [5.74, 6) is -2.74. The van der Waals surface area contributed by atoms with Crippen molar-refractivity contribution in [2.24, 2.45) is 0 Å². The summed E-state index contributed by atoms with van der Waals surface area (Å²) in [6.07, 6.45) is 0.364. The Balaban J connectivity index is 1.86. The molecule has 2 aromatic rings. The van der Waals surface area contributed by atoms with E-state index in [1.54, 1.807) is 30.3 Å². The van der Waals surface area contributed by atoms with Gasteiger partial charge in [-0.2, -0.15) is 0 Å². The van der Waals surface area contributed by atoms with E-state index in [4.69, 9.17) is 5.11 Å². The molecule has 26 heavy (non-hydrogen) atoms. The van der Waals surface area contributed by atoms with Crippen molar-refractivity contribution in [3.63, 3.8) is 0 Å². The second kappa shape index (κ2) is 7.35. The number of hydrogen-bond acceptors (Lipinski definition) is 3. The summed E-state index contributed by atoms with van der Waals surface area (Å²) >= 11 is 0. The molecule has 0 saturated heterocycles. The maximum absolute atomic E-state index is 14.3. The molecule has 3 N–H and O–H groups in total. The number of carboxylic acid groups (broad SMARTS) is 1. The lowest BCUT2D eigenvalue weighted by atomic mass is 9.98. The van der Waals surface area contributed by atoms with Crippen molar-refractivity contribution in [3.05, 3.63) is 65.0 Å². The van der Waals surface area contributed by atoms with E-state index in [2.05, 4.69) is 10.6 Å². The molecule has 0 fully saturated rings. The molecule has 7 heteroatoms. The van der Waals surface area contributed by atoms with Crippen LogP contribution < -0.4 is 10.6 Å². The SMILES string of the molecule is O=C(O)C[C@H](NC(=O)c1cc2c(cc1F)NC(=O)CC2)c1ccccc1. The van der Waals surface area contributed by atoms with E-state index in [0.29, 0.717) is 23.2 Å². The van der Waals surface area contributed by atoms with Crippen LogP contribution in [-0.4, -0.2) is 22.9 Å². The van der Waals surface area contributed by atoms with Crippen LogP contribution in [0.5, 0.6) is 0 Å². The summed E-state index contributed by atoms with van der Waals surface area (Å²) in [6, 6.07) is 10.4. The van der Waals surface area contributed by atoms with Crippen LogP contribution in [0, 0.1) is 5.82 Å². The van der Waals surface area contributed by atoms with Crippen molar-refractivity contribution in [2.45, 2.75) is 25.3 Å². The lowest BCUT2D eigenvalue weighted by Crippen LogP contribution is -2.31. The Kier molecular flexibility index (Phi) is 4.97. The standard InChI is InChI=1S/C19H17FN2O4/c20-14-9-15-12(6-7-17(23)21-15)8-13(14)19(26)22-16(10-18(24)25)11-4-2-1-3-5-11/h1-5,8-9,16H,6-7,10H2,(H,21,23)(H,22,26)(H,24,25)/t16-/m0/s1. The zero-order chi connectivity index (χ0) is 18.7. The lowest BCUT2D eigenvalue weighted by Gasteiger charge is -2.20. The molecular formula is C19H17FN2O4. The largest absolute Gasteiger partial charge is 0.481 e. The monoisotopic (exact) mass is 356 g/mol. The number of anilines is 1. The minimum Gasteiger partial charge on any atom is -0.481 e. The number of carboxylic acids is 1. The third-order valence-electron chi connectivity index (χ3n) is 4.22. The average Bonchev–Trinajstić information content (AvgIpc) is 2.60. The molecule has 1 heterocycles. The van der Waals surface area contributed by atoms with Gasteiger partial charge < -0.3 is 15.7 Å². The Morgan fingerprint density at radius 2 is 1.92 bits per heavy atom. The van der Waals surface area contributed by atoms with Gasteiger partial charge in [0, 0.05) is 12.1 Å². The second-order valence-electron chi connectivity index (χ2n) is 6.07. The fourth-order valence-corrected chi connectivity index (χ4v) is 2.92. The van der Waals surface area contributed by atoms with E-state index in [0.717, 1.165) is 6.07 Å². The minimum atomic E-state index is -1.08. The van der Waals surface area contributed by atoms with E-state index in [-0.39, 0.29) is 24.3 Å². The third-order valence-corrected chi connectivity index (χ3v) is 4.22. The number of halogens is 1. The fraction of sp³-hybridized carbons (Fsp3) is 0.211. The zero-order valence-corrected chi connectivity index (χ0v) is 13.8. The van der Waals surface area contributed by atoms with Crippen LogP contribution in [0.3, 0.4) is 0 Å². The van der Waals surface area contributed by atoms with E-state index in [1.807, 2.05) is 0 Å². The van der Waals surface area contributed by atoms with Gasteiger partial charge in [-0.1, -0.05) is 30.3 Å². The summed E-state index contributed by atoms with van der Waals surface area (Å²) in [4.78, 5) is 35.1. The summed E-state index contributed by atoms with van der Waals surface area (Å²) in [5.41, 5.74) is 1.48. The van der Waals surface area contributed by atoms with Gasteiger partial charge in [-0.05, 0) is 29.7 Å². The number of fused-ring (bicyclic) bond motifs is 1. The lowest BCUT2D eigenvalue weighted by molar-refractivity contribution is -0.137. The van der Waals surface area contributed by atoms with Crippen molar-refractivity contribution in [3.8, 4) is 0 Å². The van der Waals surface area contributed by atoms with E-state index < -0.39 is 23.7 Å². The van der Waals surface area contributed by atoms with Crippen molar-refractivity contribution < 1.29 is 23.9 Å². The predicted molar refractivity (Wildman–Crippen MR) is 92.3 cm³/mol. The number of hydrogen-bond donors (Lipinski definition) is 3. The van der Waals surface area contributed by atoms with Crippen molar-refractivity contribution in [1.29, 1.82) is 0 Å². The van der Waals surface area contributed by atoms with Gasteiger partial charge in [-0.3, -0.25) is 14.4 Å². The maximum atomic E-state index is 14.3. The Hall–Kier alpha value is -3.22. The van der Waals surface area contributed by atoms with Crippen LogP contribution in [0.15, 0.2) is 42.5 Å². The molecule has 1 aliphatic heterocycles. The summed E-state index contributed by atoms with van der Waals surface area (Å²) < 4.78 is 14.3. The van der Waals surface area contributed by atoms with E-state index in [1.165, 1.54) is 6.07 Å². The van der Waals surface area contributed by atoms with Crippen molar-refractivity contribution in [2.75, 3.05) is 5.32 Å². The number of aryl methyl sites for hydroxylation is 1. The maximum Gasteiger partial charge on any atom is 0.305 e. The fourth-order valence-electron chi connectivity index (χ4n) is 2.92. The first-order valence-corrected chi connectivity index (χ1v) is 8.14. The van der Waals surface area contributed by atoms with Gasteiger partial charge in [0.25, 0.3) is 5.91 Å². The number of amides is 2. The first kappa shape index (κ1) is 17.6. The molecule has 2 amide bonds. The van der Waals surface area contributed by atoms with Gasteiger partial charge in [-0.15, -0.1) is 0 Å². The number of nitrogens with one attached hydrogen (secondary N) is 2. The first-order valence-electron chi connectivity index (χ1n) is 8.14. The number of benzene rings is 2. The van der Waals surface area contributed by atoms with Crippen LogP contribution in [0.2, 0.25) is 0 Å². The Bertz CT molecular complexity index is 867. The molecule has 0 radical (unpaired) electrons. The Morgan fingerprint density at radius 1 is 1.19 bits per heavy atom. The highest BCUT2D eigenvalue weighted by Gasteiger charge is 2.23.